The van der Waals surface area contributed by atoms with Gasteiger partial charge in [0.2, 0.25) is 0 Å². The van der Waals surface area contributed by atoms with E-state index < -0.39 is 17.9 Å². The Morgan fingerprint density at radius 1 is 0.814 bits per heavy atom. The fraction of sp³-hybridized carbons (Fsp3) is 0.324. The lowest BCUT2D eigenvalue weighted by atomic mass is 9.98. The summed E-state index contributed by atoms with van der Waals surface area (Å²) in [6.45, 7) is 3.07. The molecule has 0 atom stereocenters. The molecule has 9 heteroatoms. The zero-order chi connectivity index (χ0) is 31.0. The van der Waals surface area contributed by atoms with Gasteiger partial charge in [-0.05, 0) is 97.8 Å². The number of rotatable bonds is 17. The highest BCUT2D eigenvalue weighted by molar-refractivity contribution is 5.93. The van der Waals surface area contributed by atoms with E-state index in [-0.39, 0.29) is 12.2 Å². The Bertz CT molecular complexity index is 1380. The average Bonchev–Trinajstić information content (AvgIpc) is 2.99. The lowest BCUT2D eigenvalue weighted by Gasteiger charge is -2.11. The predicted molar refractivity (Wildman–Crippen MR) is 167 cm³/mol. The second-order valence-corrected chi connectivity index (χ2v) is 10.1. The smallest absolute Gasteiger partial charge is 0.338 e. The first kappa shape index (κ1) is 32.7. The Hall–Kier alpha value is -4.79. The molecule has 0 amide bonds. The normalized spacial score (nSPS) is 10.9. The van der Waals surface area contributed by atoms with Crippen molar-refractivity contribution in [3.63, 3.8) is 0 Å². The van der Waals surface area contributed by atoms with Crippen molar-refractivity contribution in [3.8, 4) is 11.5 Å². The molecular weight excluding hydrogens is 548 g/mol. The van der Waals surface area contributed by atoms with Gasteiger partial charge >= 0.3 is 17.9 Å². The van der Waals surface area contributed by atoms with Crippen molar-refractivity contribution >= 4 is 35.4 Å². The standard InChI is InChI=1S/C34H40N2O7/c1-2-3-4-7-20-41-27-15-17-28(18-16-27)43-32(37)19-12-24-10-13-25(14-11-24)34(40)42-21-8-5-6-9-29-30(33(38)39)22-26(35)23-31(29)36/h10-19,22-23H,2-9,20-21,35-36H2,1H3,(H,38,39)/b19-12+. The van der Waals surface area contributed by atoms with Crippen LogP contribution in [0.4, 0.5) is 11.4 Å². The summed E-state index contributed by atoms with van der Waals surface area (Å²) in [5, 5.41) is 9.40. The first-order valence-corrected chi connectivity index (χ1v) is 14.6. The summed E-state index contributed by atoms with van der Waals surface area (Å²) in [5.41, 5.74) is 14.1. The van der Waals surface area contributed by atoms with Gasteiger partial charge < -0.3 is 30.8 Å². The lowest BCUT2D eigenvalue weighted by molar-refractivity contribution is -0.128. The summed E-state index contributed by atoms with van der Waals surface area (Å²) in [7, 11) is 0. The minimum atomic E-state index is -1.07. The van der Waals surface area contributed by atoms with Crippen LogP contribution in [0.2, 0.25) is 0 Å². The summed E-state index contributed by atoms with van der Waals surface area (Å²) in [6.07, 6.45) is 10.0. The van der Waals surface area contributed by atoms with Crippen LogP contribution < -0.4 is 20.9 Å². The number of esters is 2. The van der Waals surface area contributed by atoms with Crippen LogP contribution in [0.25, 0.3) is 6.08 Å². The van der Waals surface area contributed by atoms with E-state index in [9.17, 15) is 19.5 Å². The minimum absolute atomic E-state index is 0.114. The highest BCUT2D eigenvalue weighted by Crippen LogP contribution is 2.24. The molecule has 0 saturated carbocycles. The minimum Gasteiger partial charge on any atom is -0.494 e. The molecule has 0 heterocycles. The molecule has 9 nitrogen and oxygen atoms in total. The Balaban J connectivity index is 1.36. The van der Waals surface area contributed by atoms with Gasteiger partial charge in [0.15, 0.2) is 0 Å². The molecule has 5 N–H and O–H groups in total. The molecule has 0 radical (unpaired) electrons. The number of carbonyl (C=O) groups is 3. The molecule has 0 unspecified atom stereocenters. The number of anilines is 2. The maximum Gasteiger partial charge on any atom is 0.338 e. The fourth-order valence-corrected chi connectivity index (χ4v) is 4.38. The average molecular weight is 589 g/mol. The highest BCUT2D eigenvalue weighted by Gasteiger charge is 2.14. The van der Waals surface area contributed by atoms with Gasteiger partial charge in [0.1, 0.15) is 11.5 Å². The van der Waals surface area contributed by atoms with Crippen molar-refractivity contribution in [1.29, 1.82) is 0 Å². The molecule has 0 aliphatic rings. The van der Waals surface area contributed by atoms with Gasteiger partial charge in [0, 0.05) is 17.5 Å². The molecule has 0 aliphatic heterocycles. The van der Waals surface area contributed by atoms with Gasteiger partial charge in [-0.3, -0.25) is 0 Å². The third-order valence-corrected chi connectivity index (χ3v) is 6.71. The molecule has 43 heavy (non-hydrogen) atoms. The summed E-state index contributed by atoms with van der Waals surface area (Å²) in [6, 6.07) is 16.6. The Kier molecular flexibility index (Phi) is 13.1. The zero-order valence-electron chi connectivity index (χ0n) is 24.6. The molecule has 3 aromatic rings. The highest BCUT2D eigenvalue weighted by atomic mass is 16.5. The fourth-order valence-electron chi connectivity index (χ4n) is 4.38. The van der Waals surface area contributed by atoms with Crippen LogP contribution in [0.3, 0.4) is 0 Å². The molecule has 3 aromatic carbocycles. The van der Waals surface area contributed by atoms with Crippen molar-refractivity contribution < 1.29 is 33.7 Å². The van der Waals surface area contributed by atoms with Gasteiger partial charge in [-0.25, -0.2) is 14.4 Å². The van der Waals surface area contributed by atoms with E-state index in [4.69, 9.17) is 25.7 Å². The van der Waals surface area contributed by atoms with E-state index in [2.05, 4.69) is 6.92 Å². The van der Waals surface area contributed by atoms with Gasteiger partial charge in [0.05, 0.1) is 24.3 Å². The van der Waals surface area contributed by atoms with Crippen LogP contribution in [0.15, 0.2) is 66.7 Å². The molecule has 0 bridgehead atoms. The molecule has 3 rings (SSSR count). The van der Waals surface area contributed by atoms with Crippen molar-refractivity contribution in [3.05, 3.63) is 89.0 Å². The number of aromatic carboxylic acids is 1. The number of benzene rings is 3. The van der Waals surface area contributed by atoms with E-state index in [1.807, 2.05) is 0 Å². The zero-order valence-corrected chi connectivity index (χ0v) is 24.6. The first-order chi connectivity index (χ1) is 20.8. The molecular formula is C34H40N2O7. The quantitative estimate of drug-likeness (QED) is 0.0514. The predicted octanol–water partition coefficient (Wildman–Crippen LogP) is 6.70. The molecule has 0 aromatic heterocycles. The summed E-state index contributed by atoms with van der Waals surface area (Å²) in [4.78, 5) is 36.1. The second kappa shape index (κ2) is 17.2. The number of carbonyl (C=O) groups excluding carboxylic acids is 2. The number of ether oxygens (including phenoxy) is 3. The third kappa shape index (κ3) is 11.2. The van der Waals surface area contributed by atoms with Crippen molar-refractivity contribution in [2.75, 3.05) is 24.7 Å². The van der Waals surface area contributed by atoms with Crippen LogP contribution in [0.5, 0.6) is 11.5 Å². The number of hydrogen-bond donors (Lipinski definition) is 3. The number of nitrogen functional groups attached to an aromatic ring is 2. The lowest BCUT2D eigenvalue weighted by Crippen LogP contribution is -2.08. The number of nitrogens with two attached hydrogens (primary N) is 2. The molecule has 0 aliphatic carbocycles. The second-order valence-electron chi connectivity index (χ2n) is 10.1. The Labute approximate surface area is 252 Å². The number of carboxylic acid groups (broad SMARTS) is 1. The number of hydrogen-bond acceptors (Lipinski definition) is 8. The van der Waals surface area contributed by atoms with Crippen LogP contribution in [-0.4, -0.2) is 36.2 Å². The maximum atomic E-state index is 12.4. The van der Waals surface area contributed by atoms with Crippen molar-refractivity contribution in [1.82, 2.24) is 0 Å². The SMILES string of the molecule is CCCCCCOc1ccc(OC(=O)/C=C/c2ccc(C(=O)OCCCCCc3c(N)cc(N)cc3C(=O)O)cc2)cc1. The molecule has 0 saturated heterocycles. The third-order valence-electron chi connectivity index (χ3n) is 6.71. The van der Waals surface area contributed by atoms with Gasteiger partial charge in [-0.2, -0.15) is 0 Å². The van der Waals surface area contributed by atoms with Crippen molar-refractivity contribution in [2.45, 2.75) is 58.3 Å². The number of unbranched alkanes of at least 4 members (excludes halogenated alkanes) is 5. The summed E-state index contributed by atoms with van der Waals surface area (Å²) in [5.74, 6) is -0.870. The molecule has 228 valence electrons. The number of carboxylic acids is 1. The van der Waals surface area contributed by atoms with E-state index in [1.165, 1.54) is 25.0 Å². The van der Waals surface area contributed by atoms with Crippen LogP contribution in [0, 0.1) is 0 Å². The van der Waals surface area contributed by atoms with Gasteiger partial charge in [-0.1, -0.05) is 38.3 Å². The maximum absolute atomic E-state index is 12.4. The van der Waals surface area contributed by atoms with Crippen LogP contribution >= 0.6 is 0 Å². The van der Waals surface area contributed by atoms with Crippen LogP contribution in [0.1, 0.15) is 83.7 Å². The summed E-state index contributed by atoms with van der Waals surface area (Å²) < 4.78 is 16.4. The molecule has 0 fully saturated rings. The van der Waals surface area contributed by atoms with E-state index in [0.717, 1.165) is 30.6 Å². The van der Waals surface area contributed by atoms with Gasteiger partial charge in [0.25, 0.3) is 0 Å². The van der Waals surface area contributed by atoms with E-state index >= 15 is 0 Å². The monoisotopic (exact) mass is 588 g/mol. The van der Waals surface area contributed by atoms with Crippen LogP contribution in [-0.2, 0) is 16.0 Å². The van der Waals surface area contributed by atoms with Crippen molar-refractivity contribution in [2.24, 2.45) is 0 Å². The van der Waals surface area contributed by atoms with E-state index in [1.54, 1.807) is 60.7 Å². The molecule has 0 spiro atoms. The topological polar surface area (TPSA) is 151 Å². The first-order valence-electron chi connectivity index (χ1n) is 14.6. The largest absolute Gasteiger partial charge is 0.494 e. The van der Waals surface area contributed by atoms with Gasteiger partial charge in [-0.15, -0.1) is 0 Å². The summed E-state index contributed by atoms with van der Waals surface area (Å²) >= 11 is 0. The Morgan fingerprint density at radius 3 is 2.19 bits per heavy atom. The Morgan fingerprint density at radius 2 is 1.49 bits per heavy atom. The van der Waals surface area contributed by atoms with E-state index in [0.29, 0.717) is 54.1 Å².